The van der Waals surface area contributed by atoms with Crippen molar-refractivity contribution in [1.29, 1.82) is 0 Å². The Balaban J connectivity index is 2.07. The molecule has 0 aliphatic heterocycles. The molecule has 0 bridgehead atoms. The highest BCUT2D eigenvalue weighted by molar-refractivity contribution is 5.91. The molecule has 0 radical (unpaired) electrons. The monoisotopic (exact) mass is 247 g/mol. The molecule has 1 amide bonds. The van der Waals surface area contributed by atoms with Gasteiger partial charge in [0.25, 0.3) is 0 Å². The Morgan fingerprint density at radius 2 is 2.17 bits per heavy atom. The van der Waals surface area contributed by atoms with Gasteiger partial charge in [0.1, 0.15) is 0 Å². The quantitative estimate of drug-likeness (QED) is 0.857. The molecule has 96 valence electrons. The Kier molecular flexibility index (Phi) is 3.18. The van der Waals surface area contributed by atoms with Gasteiger partial charge in [0.05, 0.1) is 12.1 Å². The predicted molar refractivity (Wildman–Crippen MR) is 68.3 cm³/mol. The first kappa shape index (κ1) is 12.3. The normalized spacial score (nSPS) is 10.7. The van der Waals surface area contributed by atoms with Gasteiger partial charge in [-0.05, 0) is 20.8 Å². The van der Waals surface area contributed by atoms with Gasteiger partial charge in [-0.3, -0.25) is 14.6 Å². The number of amides is 1. The van der Waals surface area contributed by atoms with Crippen LogP contribution in [-0.4, -0.2) is 25.9 Å². The smallest absolute Gasteiger partial charge is 0.230 e. The van der Waals surface area contributed by atoms with Gasteiger partial charge in [-0.1, -0.05) is 0 Å². The van der Waals surface area contributed by atoms with Gasteiger partial charge in [-0.2, -0.15) is 10.2 Å². The number of H-pyrrole nitrogens is 1. The summed E-state index contributed by atoms with van der Waals surface area (Å²) in [6.07, 6.45) is 0.317. The summed E-state index contributed by atoms with van der Waals surface area (Å²) in [7, 11) is 1.88. The second-order valence-corrected chi connectivity index (χ2v) is 4.43. The van der Waals surface area contributed by atoms with Crippen molar-refractivity contribution in [2.75, 3.05) is 5.32 Å². The van der Waals surface area contributed by atoms with Crippen LogP contribution in [0.25, 0.3) is 0 Å². The van der Waals surface area contributed by atoms with Crippen molar-refractivity contribution in [2.24, 2.45) is 7.05 Å². The summed E-state index contributed by atoms with van der Waals surface area (Å²) in [5.74, 6) is 0.470. The average Bonchev–Trinajstić information content (AvgIpc) is 2.78. The van der Waals surface area contributed by atoms with Gasteiger partial charge in [-0.15, -0.1) is 0 Å². The van der Waals surface area contributed by atoms with Gasteiger partial charge in [0, 0.05) is 30.1 Å². The maximum Gasteiger partial charge on any atom is 0.230 e. The standard InChI is InChI=1S/C12H17N5O/c1-7-5-11(15-14-7)13-12(18)6-10-8(2)16-17(4)9(10)3/h5H,6H2,1-4H3,(H2,13,14,15,18). The fourth-order valence-corrected chi connectivity index (χ4v) is 1.90. The maximum absolute atomic E-state index is 11.9. The molecule has 0 fully saturated rings. The molecule has 0 saturated heterocycles. The molecule has 6 nitrogen and oxygen atoms in total. The zero-order valence-electron chi connectivity index (χ0n) is 11.0. The van der Waals surface area contributed by atoms with Crippen LogP contribution in [0.5, 0.6) is 0 Å². The van der Waals surface area contributed by atoms with E-state index in [9.17, 15) is 4.79 Å². The molecule has 18 heavy (non-hydrogen) atoms. The van der Waals surface area contributed by atoms with Crippen molar-refractivity contribution in [2.45, 2.75) is 27.2 Å². The molecule has 2 N–H and O–H groups in total. The van der Waals surface area contributed by atoms with E-state index in [2.05, 4.69) is 20.6 Å². The molecule has 0 aromatic carbocycles. The molecule has 0 aliphatic carbocycles. The van der Waals surface area contributed by atoms with Crippen LogP contribution in [-0.2, 0) is 18.3 Å². The summed E-state index contributed by atoms with van der Waals surface area (Å²) in [6, 6.07) is 1.79. The molecule has 2 aromatic heterocycles. The van der Waals surface area contributed by atoms with E-state index in [1.54, 1.807) is 10.7 Å². The minimum Gasteiger partial charge on any atom is -0.309 e. The lowest BCUT2D eigenvalue weighted by molar-refractivity contribution is -0.115. The highest BCUT2D eigenvalue weighted by Gasteiger charge is 2.14. The van der Waals surface area contributed by atoms with E-state index in [-0.39, 0.29) is 5.91 Å². The summed E-state index contributed by atoms with van der Waals surface area (Å²) in [6.45, 7) is 5.76. The molecule has 2 heterocycles. The van der Waals surface area contributed by atoms with E-state index >= 15 is 0 Å². The first-order valence-corrected chi connectivity index (χ1v) is 5.78. The van der Waals surface area contributed by atoms with Crippen LogP contribution in [0, 0.1) is 20.8 Å². The Bertz CT molecular complexity index is 581. The fraction of sp³-hybridized carbons (Fsp3) is 0.417. The highest BCUT2D eigenvalue weighted by Crippen LogP contribution is 2.13. The lowest BCUT2D eigenvalue weighted by Gasteiger charge is -2.02. The summed E-state index contributed by atoms with van der Waals surface area (Å²) < 4.78 is 1.79. The molecule has 0 saturated carbocycles. The molecular weight excluding hydrogens is 230 g/mol. The zero-order valence-corrected chi connectivity index (χ0v) is 11.0. The van der Waals surface area contributed by atoms with Crippen molar-refractivity contribution < 1.29 is 4.79 Å². The average molecular weight is 247 g/mol. The number of aromatic nitrogens is 4. The number of aromatic amines is 1. The molecule has 6 heteroatoms. The summed E-state index contributed by atoms with van der Waals surface area (Å²) in [4.78, 5) is 11.9. The highest BCUT2D eigenvalue weighted by atomic mass is 16.1. The molecule has 0 unspecified atom stereocenters. The van der Waals surface area contributed by atoms with Crippen LogP contribution in [0.15, 0.2) is 6.07 Å². The van der Waals surface area contributed by atoms with Crippen LogP contribution in [0.3, 0.4) is 0 Å². The Morgan fingerprint density at radius 3 is 2.67 bits per heavy atom. The Morgan fingerprint density at radius 1 is 1.44 bits per heavy atom. The third-order valence-corrected chi connectivity index (χ3v) is 2.97. The lowest BCUT2D eigenvalue weighted by Crippen LogP contribution is -2.15. The number of carbonyl (C=O) groups excluding carboxylic acids is 1. The van der Waals surface area contributed by atoms with Crippen molar-refractivity contribution in [1.82, 2.24) is 20.0 Å². The van der Waals surface area contributed by atoms with Gasteiger partial charge < -0.3 is 5.32 Å². The van der Waals surface area contributed by atoms with E-state index < -0.39 is 0 Å². The minimum absolute atomic E-state index is 0.0827. The molecule has 0 spiro atoms. The summed E-state index contributed by atoms with van der Waals surface area (Å²) in [5.41, 5.74) is 3.80. The number of hydrogen-bond acceptors (Lipinski definition) is 3. The van der Waals surface area contributed by atoms with Crippen molar-refractivity contribution in [3.63, 3.8) is 0 Å². The summed E-state index contributed by atoms with van der Waals surface area (Å²) >= 11 is 0. The summed E-state index contributed by atoms with van der Waals surface area (Å²) in [5, 5.41) is 13.8. The van der Waals surface area contributed by atoms with E-state index in [1.165, 1.54) is 0 Å². The van der Waals surface area contributed by atoms with E-state index in [0.29, 0.717) is 12.2 Å². The Hall–Kier alpha value is -2.11. The minimum atomic E-state index is -0.0827. The van der Waals surface area contributed by atoms with Crippen LogP contribution in [0.1, 0.15) is 22.6 Å². The van der Waals surface area contributed by atoms with E-state index in [1.807, 2.05) is 27.8 Å². The van der Waals surface area contributed by atoms with Gasteiger partial charge in [0.2, 0.25) is 5.91 Å². The SMILES string of the molecule is Cc1cc(NC(=O)Cc2c(C)nn(C)c2C)n[nH]1. The molecule has 2 aromatic rings. The number of rotatable bonds is 3. The first-order valence-electron chi connectivity index (χ1n) is 5.78. The van der Waals surface area contributed by atoms with Gasteiger partial charge >= 0.3 is 0 Å². The lowest BCUT2D eigenvalue weighted by atomic mass is 10.1. The van der Waals surface area contributed by atoms with Crippen molar-refractivity contribution in [3.8, 4) is 0 Å². The number of anilines is 1. The second-order valence-electron chi connectivity index (χ2n) is 4.43. The third kappa shape index (κ3) is 2.42. The van der Waals surface area contributed by atoms with E-state index in [0.717, 1.165) is 22.6 Å². The number of hydrogen-bond donors (Lipinski definition) is 2. The first-order chi connectivity index (χ1) is 8.47. The van der Waals surface area contributed by atoms with Crippen LogP contribution < -0.4 is 5.32 Å². The number of nitrogens with zero attached hydrogens (tertiary/aromatic N) is 3. The predicted octanol–water partition coefficient (Wildman–Crippen LogP) is 1.25. The molecule has 0 atom stereocenters. The van der Waals surface area contributed by atoms with Crippen LogP contribution in [0.2, 0.25) is 0 Å². The Labute approximate surface area is 105 Å². The maximum atomic E-state index is 11.9. The number of aryl methyl sites for hydroxylation is 3. The number of nitrogens with one attached hydrogen (secondary N) is 2. The van der Waals surface area contributed by atoms with Gasteiger partial charge in [0.15, 0.2) is 5.82 Å². The van der Waals surface area contributed by atoms with Crippen LogP contribution >= 0.6 is 0 Å². The van der Waals surface area contributed by atoms with E-state index in [4.69, 9.17) is 0 Å². The number of carbonyl (C=O) groups is 1. The zero-order chi connectivity index (χ0) is 13.3. The molecular formula is C12H17N5O. The van der Waals surface area contributed by atoms with Crippen molar-refractivity contribution in [3.05, 3.63) is 28.7 Å². The third-order valence-electron chi connectivity index (χ3n) is 2.97. The second kappa shape index (κ2) is 4.64. The van der Waals surface area contributed by atoms with Crippen LogP contribution in [0.4, 0.5) is 5.82 Å². The topological polar surface area (TPSA) is 75.6 Å². The fourth-order valence-electron chi connectivity index (χ4n) is 1.90. The molecule has 0 aliphatic rings. The largest absolute Gasteiger partial charge is 0.309 e. The van der Waals surface area contributed by atoms with Gasteiger partial charge in [-0.25, -0.2) is 0 Å². The molecule has 2 rings (SSSR count). The van der Waals surface area contributed by atoms with Crippen molar-refractivity contribution >= 4 is 11.7 Å².